The molecule has 0 aliphatic rings. The third kappa shape index (κ3) is 5.95. The van der Waals surface area contributed by atoms with E-state index in [1.165, 1.54) is 37.1 Å². The molecule has 0 N–H and O–H groups in total. The Morgan fingerprint density at radius 2 is 1.89 bits per heavy atom. The van der Waals surface area contributed by atoms with Crippen LogP contribution in [0.5, 0.6) is 5.75 Å². The molecule has 0 saturated carbocycles. The maximum absolute atomic E-state index is 13.6. The molecule has 0 aliphatic carbocycles. The minimum Gasteiger partial charge on any atom is -0.494 e. The second kappa shape index (κ2) is 9.52. The van der Waals surface area contributed by atoms with E-state index in [1.807, 2.05) is 30.3 Å². The van der Waals surface area contributed by atoms with Gasteiger partial charge in [-0.15, -0.1) is 0 Å². The summed E-state index contributed by atoms with van der Waals surface area (Å²) in [5.74, 6) is -1.40. The van der Waals surface area contributed by atoms with E-state index in [0.29, 0.717) is 12.1 Å². The summed E-state index contributed by atoms with van der Waals surface area (Å²) in [6.07, 6.45) is 1.64. The number of halogens is 1. The fourth-order valence-electron chi connectivity index (χ4n) is 2.46. The molecule has 27 heavy (non-hydrogen) atoms. The number of hydrogen-bond acceptors (Lipinski definition) is 4. The van der Waals surface area contributed by atoms with Crippen LogP contribution in [0.1, 0.15) is 18.1 Å². The van der Waals surface area contributed by atoms with Crippen LogP contribution in [-0.4, -0.2) is 37.0 Å². The summed E-state index contributed by atoms with van der Waals surface area (Å²) in [6, 6.07) is 13.8. The van der Waals surface area contributed by atoms with Crippen LogP contribution in [0.15, 0.2) is 54.6 Å². The van der Waals surface area contributed by atoms with Gasteiger partial charge in [-0.05, 0) is 36.3 Å². The first-order valence-corrected chi connectivity index (χ1v) is 8.42. The Balaban J connectivity index is 1.90. The number of methoxy groups -OCH3 is 1. The third-order valence-corrected chi connectivity index (χ3v) is 3.87. The van der Waals surface area contributed by atoms with Crippen molar-refractivity contribution in [1.82, 2.24) is 4.90 Å². The summed E-state index contributed by atoms with van der Waals surface area (Å²) >= 11 is 0. The van der Waals surface area contributed by atoms with Crippen molar-refractivity contribution in [1.29, 1.82) is 0 Å². The number of carbonyl (C=O) groups is 2. The zero-order chi connectivity index (χ0) is 19.8. The average Bonchev–Trinajstić information content (AvgIpc) is 2.66. The molecule has 2 aromatic carbocycles. The van der Waals surface area contributed by atoms with Crippen LogP contribution in [0, 0.1) is 5.82 Å². The molecular formula is C21H22FNO4. The van der Waals surface area contributed by atoms with Crippen LogP contribution in [0.4, 0.5) is 4.39 Å². The van der Waals surface area contributed by atoms with Crippen molar-refractivity contribution in [2.24, 2.45) is 0 Å². The fraction of sp³-hybridized carbons (Fsp3) is 0.238. The van der Waals surface area contributed by atoms with Crippen molar-refractivity contribution >= 4 is 18.0 Å². The predicted octanol–water partition coefficient (Wildman–Crippen LogP) is 3.44. The van der Waals surface area contributed by atoms with Gasteiger partial charge in [-0.25, -0.2) is 9.18 Å². The maximum atomic E-state index is 13.6. The molecule has 2 rings (SSSR count). The Hall–Kier alpha value is -3.15. The normalized spacial score (nSPS) is 11.9. The van der Waals surface area contributed by atoms with Crippen molar-refractivity contribution < 1.29 is 23.5 Å². The maximum Gasteiger partial charge on any atom is 0.331 e. The van der Waals surface area contributed by atoms with Gasteiger partial charge in [0.1, 0.15) is 0 Å². The molecular weight excluding hydrogens is 349 g/mol. The van der Waals surface area contributed by atoms with Gasteiger partial charge < -0.3 is 14.4 Å². The lowest BCUT2D eigenvalue weighted by molar-refractivity contribution is -0.154. The van der Waals surface area contributed by atoms with Crippen LogP contribution >= 0.6 is 0 Å². The fourth-order valence-corrected chi connectivity index (χ4v) is 2.46. The van der Waals surface area contributed by atoms with Crippen LogP contribution in [-0.2, 0) is 20.9 Å². The summed E-state index contributed by atoms with van der Waals surface area (Å²) in [7, 11) is 3.02. The highest BCUT2D eigenvalue weighted by molar-refractivity contribution is 5.90. The number of rotatable bonds is 7. The first-order chi connectivity index (χ1) is 12.9. The van der Waals surface area contributed by atoms with Crippen molar-refractivity contribution in [3.63, 3.8) is 0 Å². The highest BCUT2D eigenvalue weighted by atomic mass is 19.1. The van der Waals surface area contributed by atoms with Gasteiger partial charge >= 0.3 is 5.97 Å². The van der Waals surface area contributed by atoms with Gasteiger partial charge in [-0.3, -0.25) is 4.79 Å². The third-order valence-electron chi connectivity index (χ3n) is 3.87. The lowest BCUT2D eigenvalue weighted by atomic mass is 10.2. The smallest absolute Gasteiger partial charge is 0.331 e. The number of nitrogens with zero attached hydrogens (tertiary/aromatic N) is 1. The number of benzene rings is 2. The van der Waals surface area contributed by atoms with Gasteiger partial charge in [0, 0.05) is 19.7 Å². The van der Waals surface area contributed by atoms with E-state index >= 15 is 0 Å². The van der Waals surface area contributed by atoms with Gasteiger partial charge in [0.25, 0.3) is 5.91 Å². The molecule has 0 fully saturated rings. The molecule has 0 unspecified atom stereocenters. The molecule has 1 amide bonds. The minimum atomic E-state index is -0.927. The zero-order valence-corrected chi connectivity index (χ0v) is 15.5. The molecule has 0 bridgehead atoms. The number of amides is 1. The largest absolute Gasteiger partial charge is 0.494 e. The highest BCUT2D eigenvalue weighted by Gasteiger charge is 2.20. The summed E-state index contributed by atoms with van der Waals surface area (Å²) in [4.78, 5) is 25.8. The average molecular weight is 371 g/mol. The number of ether oxygens (including phenoxy) is 2. The van der Waals surface area contributed by atoms with Crippen molar-refractivity contribution in [3.05, 3.63) is 71.6 Å². The summed E-state index contributed by atoms with van der Waals surface area (Å²) in [6.45, 7) is 1.94. The standard InChI is InChI=1S/C21H22FNO4/c1-15(21(25)23(2)14-17-7-5-4-6-8-17)27-20(24)12-10-16-9-11-19(26-3)18(22)13-16/h4-13,15H,14H2,1-3H3/b12-10+/t15-/m1/s1. The van der Waals surface area contributed by atoms with Gasteiger partial charge in [0.05, 0.1) is 7.11 Å². The molecule has 5 nitrogen and oxygen atoms in total. The van der Waals surface area contributed by atoms with Crippen molar-refractivity contribution in [3.8, 4) is 5.75 Å². The molecule has 0 heterocycles. The van der Waals surface area contributed by atoms with Crippen LogP contribution in [0.3, 0.4) is 0 Å². The Labute approximate surface area is 158 Å². The topological polar surface area (TPSA) is 55.8 Å². The minimum absolute atomic E-state index is 0.121. The Morgan fingerprint density at radius 3 is 2.52 bits per heavy atom. The molecule has 1 atom stereocenters. The molecule has 0 aromatic heterocycles. The van der Waals surface area contributed by atoms with Crippen LogP contribution in [0.25, 0.3) is 6.08 Å². The number of likely N-dealkylation sites (N-methyl/N-ethyl adjacent to an activating group) is 1. The van der Waals surface area contributed by atoms with Crippen LogP contribution in [0.2, 0.25) is 0 Å². The predicted molar refractivity (Wildman–Crippen MR) is 100 cm³/mol. The molecule has 0 radical (unpaired) electrons. The zero-order valence-electron chi connectivity index (χ0n) is 15.5. The van der Waals surface area contributed by atoms with E-state index in [4.69, 9.17) is 9.47 Å². The van der Waals surface area contributed by atoms with Crippen LogP contribution < -0.4 is 4.74 Å². The summed E-state index contributed by atoms with van der Waals surface area (Å²) in [5.41, 5.74) is 1.46. The lowest BCUT2D eigenvalue weighted by Gasteiger charge is -2.21. The summed E-state index contributed by atoms with van der Waals surface area (Å²) in [5, 5.41) is 0. The first-order valence-electron chi connectivity index (χ1n) is 8.42. The first kappa shape index (κ1) is 20.2. The monoisotopic (exact) mass is 371 g/mol. The molecule has 2 aromatic rings. The number of hydrogen-bond donors (Lipinski definition) is 0. The quantitative estimate of drug-likeness (QED) is 0.553. The second-order valence-corrected chi connectivity index (χ2v) is 5.99. The summed E-state index contributed by atoms with van der Waals surface area (Å²) < 4.78 is 23.6. The molecule has 6 heteroatoms. The highest BCUT2D eigenvalue weighted by Crippen LogP contribution is 2.18. The molecule has 0 saturated heterocycles. The number of esters is 1. The van der Waals surface area contributed by atoms with Crippen molar-refractivity contribution in [2.45, 2.75) is 19.6 Å². The van der Waals surface area contributed by atoms with E-state index < -0.39 is 17.9 Å². The van der Waals surface area contributed by atoms with Crippen molar-refractivity contribution in [2.75, 3.05) is 14.2 Å². The SMILES string of the molecule is COc1ccc(/C=C/C(=O)O[C@H](C)C(=O)N(C)Cc2ccccc2)cc1F. The van der Waals surface area contributed by atoms with Gasteiger partial charge in [-0.1, -0.05) is 36.4 Å². The Morgan fingerprint density at radius 1 is 1.19 bits per heavy atom. The molecule has 142 valence electrons. The Kier molecular flexibility index (Phi) is 7.11. The second-order valence-electron chi connectivity index (χ2n) is 5.99. The van der Waals surface area contributed by atoms with Gasteiger partial charge in [-0.2, -0.15) is 0 Å². The van der Waals surface area contributed by atoms with E-state index in [-0.39, 0.29) is 11.7 Å². The van der Waals surface area contributed by atoms with Gasteiger partial charge in [0.2, 0.25) is 0 Å². The Bertz CT molecular complexity index is 820. The molecule has 0 spiro atoms. The molecule has 0 aliphatic heterocycles. The van der Waals surface area contributed by atoms with E-state index in [9.17, 15) is 14.0 Å². The number of carbonyl (C=O) groups excluding carboxylic acids is 2. The van der Waals surface area contributed by atoms with E-state index in [0.717, 1.165) is 11.6 Å². The van der Waals surface area contributed by atoms with E-state index in [2.05, 4.69) is 0 Å². The van der Waals surface area contributed by atoms with E-state index in [1.54, 1.807) is 13.1 Å². The van der Waals surface area contributed by atoms with Gasteiger partial charge in [0.15, 0.2) is 17.7 Å². The lowest BCUT2D eigenvalue weighted by Crippen LogP contribution is -2.36.